The maximum Gasteiger partial charge on any atom is 0.412 e. The van der Waals surface area contributed by atoms with Crippen LogP contribution in [0.5, 0.6) is 11.5 Å². The number of anilines is 1. The number of hydrogen-bond acceptors (Lipinski definition) is 8. The number of carbonyl (C=O) groups is 2. The lowest BCUT2D eigenvalue weighted by Crippen LogP contribution is -2.30. The molecule has 9 heteroatoms. The molecular formula is C22H27NO7S. The second kappa shape index (κ2) is 12.7. The molecule has 8 nitrogen and oxygen atoms in total. The molecule has 0 saturated heterocycles. The molecule has 0 unspecified atom stereocenters. The zero-order chi connectivity index (χ0) is 22.6. The highest BCUT2D eigenvalue weighted by molar-refractivity contribution is 7.81. The first kappa shape index (κ1) is 24.4. The number of rotatable bonds is 11. The average Bonchev–Trinajstić information content (AvgIpc) is 2.77. The number of benzene rings is 2. The molecule has 0 saturated carbocycles. The summed E-state index contributed by atoms with van der Waals surface area (Å²) < 4.78 is 21.7. The number of thiol groups is 1. The molecule has 0 bridgehead atoms. The number of ether oxygens (including phenoxy) is 4. The van der Waals surface area contributed by atoms with Crippen molar-refractivity contribution < 1.29 is 33.6 Å². The van der Waals surface area contributed by atoms with Crippen LogP contribution in [-0.2, 0) is 19.0 Å². The molecule has 0 aliphatic carbocycles. The molecule has 0 heterocycles. The molecular weight excluding hydrogens is 422 g/mol. The minimum Gasteiger partial charge on any atom is -0.504 e. The second-order valence-corrected chi connectivity index (χ2v) is 6.73. The van der Waals surface area contributed by atoms with Crippen LogP contribution in [0, 0.1) is 0 Å². The van der Waals surface area contributed by atoms with E-state index in [4.69, 9.17) is 18.9 Å². The van der Waals surface area contributed by atoms with Gasteiger partial charge in [0.25, 0.3) is 0 Å². The molecule has 168 valence electrons. The van der Waals surface area contributed by atoms with Crippen molar-refractivity contribution in [2.24, 2.45) is 0 Å². The predicted octanol–water partition coefficient (Wildman–Crippen LogP) is 3.96. The first-order valence-electron chi connectivity index (χ1n) is 9.76. The number of aromatic hydroxyl groups is 1. The first-order valence-corrected chi connectivity index (χ1v) is 10.4. The van der Waals surface area contributed by atoms with E-state index in [0.717, 1.165) is 0 Å². The number of carbonyl (C=O) groups excluding carboxylic acids is 2. The van der Waals surface area contributed by atoms with Crippen LogP contribution in [0.15, 0.2) is 48.5 Å². The minimum atomic E-state index is -0.879. The molecule has 1 amide bonds. The Morgan fingerprint density at radius 1 is 1.16 bits per heavy atom. The molecule has 31 heavy (non-hydrogen) atoms. The van der Waals surface area contributed by atoms with E-state index in [0.29, 0.717) is 17.9 Å². The van der Waals surface area contributed by atoms with E-state index in [9.17, 15) is 14.7 Å². The first-order chi connectivity index (χ1) is 15.0. The van der Waals surface area contributed by atoms with Crippen molar-refractivity contribution in [2.75, 3.05) is 31.4 Å². The number of amides is 1. The number of para-hydroxylation sites is 1. The van der Waals surface area contributed by atoms with Gasteiger partial charge in [-0.05, 0) is 36.8 Å². The van der Waals surface area contributed by atoms with Gasteiger partial charge in [-0.25, -0.2) is 4.79 Å². The number of phenols is 1. The summed E-state index contributed by atoms with van der Waals surface area (Å²) in [4.78, 5) is 24.0. The third kappa shape index (κ3) is 7.69. The van der Waals surface area contributed by atoms with E-state index in [1.165, 1.54) is 13.2 Å². The fourth-order valence-electron chi connectivity index (χ4n) is 2.90. The zero-order valence-corrected chi connectivity index (χ0v) is 18.3. The fraction of sp³-hybridized carbons (Fsp3) is 0.364. The molecule has 2 atom stereocenters. The van der Waals surface area contributed by atoms with Crippen LogP contribution in [0.3, 0.4) is 0 Å². The maximum absolute atomic E-state index is 12.6. The number of methoxy groups -OCH3 is 1. The van der Waals surface area contributed by atoms with E-state index >= 15 is 0 Å². The molecule has 0 aliphatic heterocycles. The largest absolute Gasteiger partial charge is 0.504 e. The SMILES string of the molecule is CCO[C@@H](CCOC(=O)CS)[C@@H](OC(=O)Nc1ccccc1)c1ccc(OC)c(O)c1. The second-order valence-electron chi connectivity index (χ2n) is 6.41. The van der Waals surface area contributed by atoms with Crippen LogP contribution >= 0.6 is 12.6 Å². The van der Waals surface area contributed by atoms with Crippen molar-refractivity contribution in [2.45, 2.75) is 25.6 Å². The number of hydrogen-bond donors (Lipinski definition) is 3. The Labute approximate surface area is 186 Å². The van der Waals surface area contributed by atoms with Gasteiger partial charge in [0.2, 0.25) is 0 Å². The third-order valence-corrected chi connectivity index (χ3v) is 4.56. The van der Waals surface area contributed by atoms with Crippen LogP contribution in [0.25, 0.3) is 0 Å². The molecule has 2 aromatic carbocycles. The summed E-state index contributed by atoms with van der Waals surface area (Å²) in [5.74, 6) is -0.314. The summed E-state index contributed by atoms with van der Waals surface area (Å²) in [5.41, 5.74) is 1.07. The Kier molecular flexibility index (Phi) is 9.99. The topological polar surface area (TPSA) is 103 Å². The summed E-state index contributed by atoms with van der Waals surface area (Å²) in [6, 6.07) is 13.5. The summed E-state index contributed by atoms with van der Waals surface area (Å²) in [7, 11) is 1.44. The van der Waals surface area contributed by atoms with Gasteiger partial charge >= 0.3 is 12.1 Å². The highest BCUT2D eigenvalue weighted by atomic mass is 32.1. The Morgan fingerprint density at radius 2 is 1.90 bits per heavy atom. The summed E-state index contributed by atoms with van der Waals surface area (Å²) in [5, 5.41) is 12.9. The van der Waals surface area contributed by atoms with Crippen LogP contribution in [0.4, 0.5) is 10.5 Å². The highest BCUT2D eigenvalue weighted by Crippen LogP contribution is 2.33. The Bertz CT molecular complexity index is 847. The molecule has 0 aliphatic rings. The zero-order valence-electron chi connectivity index (χ0n) is 17.4. The third-order valence-electron chi connectivity index (χ3n) is 4.30. The van der Waals surface area contributed by atoms with Crippen molar-refractivity contribution in [3.05, 3.63) is 54.1 Å². The van der Waals surface area contributed by atoms with Crippen molar-refractivity contribution in [3.8, 4) is 11.5 Å². The van der Waals surface area contributed by atoms with E-state index in [1.54, 1.807) is 43.3 Å². The number of phenolic OH excluding ortho intramolecular Hbond substituents is 1. The fourth-order valence-corrected chi connectivity index (χ4v) is 2.99. The number of esters is 1. The van der Waals surface area contributed by atoms with Crippen LogP contribution in [0.1, 0.15) is 25.0 Å². The highest BCUT2D eigenvalue weighted by Gasteiger charge is 2.29. The Hall–Kier alpha value is -2.91. The predicted molar refractivity (Wildman–Crippen MR) is 119 cm³/mol. The van der Waals surface area contributed by atoms with E-state index in [-0.39, 0.29) is 30.3 Å². The van der Waals surface area contributed by atoms with Crippen LogP contribution in [-0.4, -0.2) is 49.3 Å². The van der Waals surface area contributed by atoms with Gasteiger partial charge < -0.3 is 24.1 Å². The van der Waals surface area contributed by atoms with Gasteiger partial charge in [0.1, 0.15) is 6.10 Å². The minimum absolute atomic E-state index is 0.0366. The van der Waals surface area contributed by atoms with Gasteiger partial charge in [0, 0.05) is 18.7 Å². The van der Waals surface area contributed by atoms with E-state index in [1.807, 2.05) is 6.07 Å². The Balaban J connectivity index is 2.24. The maximum atomic E-state index is 12.6. The summed E-state index contributed by atoms with van der Waals surface area (Å²) in [6.45, 7) is 2.21. The lowest BCUT2D eigenvalue weighted by molar-refractivity contribution is -0.142. The van der Waals surface area contributed by atoms with Gasteiger partial charge in [0.15, 0.2) is 17.6 Å². The molecule has 2 rings (SSSR count). The van der Waals surface area contributed by atoms with E-state index < -0.39 is 24.3 Å². The molecule has 2 aromatic rings. The van der Waals surface area contributed by atoms with Crippen molar-refractivity contribution in [1.29, 1.82) is 0 Å². The van der Waals surface area contributed by atoms with Gasteiger partial charge in [-0.1, -0.05) is 24.3 Å². The van der Waals surface area contributed by atoms with Gasteiger partial charge in [-0.2, -0.15) is 12.6 Å². The standard InChI is InChI=1S/C22H27NO7S/c1-3-28-19(11-12-29-20(25)14-31)21(15-9-10-18(27-2)17(24)13-15)30-22(26)23-16-7-5-4-6-8-16/h4-10,13,19,21,24,31H,3,11-12,14H2,1-2H3,(H,23,26)/t19-,21-/m0/s1. The van der Waals surface area contributed by atoms with Gasteiger partial charge in [0.05, 0.1) is 19.5 Å². The quantitative estimate of drug-likeness (QED) is 0.352. The smallest absolute Gasteiger partial charge is 0.412 e. The van der Waals surface area contributed by atoms with Crippen LogP contribution in [0.2, 0.25) is 0 Å². The Morgan fingerprint density at radius 3 is 2.52 bits per heavy atom. The van der Waals surface area contributed by atoms with Gasteiger partial charge in [-0.3, -0.25) is 10.1 Å². The van der Waals surface area contributed by atoms with Gasteiger partial charge in [-0.15, -0.1) is 0 Å². The van der Waals surface area contributed by atoms with Crippen molar-refractivity contribution >= 4 is 30.4 Å². The lowest BCUT2D eigenvalue weighted by Gasteiger charge is -2.27. The van der Waals surface area contributed by atoms with E-state index in [2.05, 4.69) is 17.9 Å². The molecule has 0 spiro atoms. The molecule has 0 aromatic heterocycles. The molecule has 2 N–H and O–H groups in total. The normalized spacial score (nSPS) is 12.5. The number of nitrogens with one attached hydrogen (secondary N) is 1. The summed E-state index contributed by atoms with van der Waals surface area (Å²) >= 11 is 3.88. The molecule has 0 fully saturated rings. The van der Waals surface area contributed by atoms with Crippen molar-refractivity contribution in [1.82, 2.24) is 0 Å². The average molecular weight is 450 g/mol. The lowest BCUT2D eigenvalue weighted by atomic mass is 10.0. The summed E-state index contributed by atoms with van der Waals surface area (Å²) in [6.07, 6.45) is -1.94. The van der Waals surface area contributed by atoms with Crippen molar-refractivity contribution in [3.63, 3.8) is 0 Å². The monoisotopic (exact) mass is 449 g/mol. The molecule has 0 radical (unpaired) electrons. The van der Waals surface area contributed by atoms with Crippen LogP contribution < -0.4 is 10.1 Å².